The zero-order chi connectivity index (χ0) is 15.1. The number of nitrogens with one attached hydrogen (secondary N) is 1. The first-order valence-corrected chi connectivity index (χ1v) is 8.36. The number of benzene rings is 2. The van der Waals surface area contributed by atoms with E-state index in [9.17, 15) is 5.11 Å². The van der Waals surface area contributed by atoms with Gasteiger partial charge < -0.3 is 10.4 Å². The number of aliphatic hydroxyl groups is 1. The molecule has 3 unspecified atom stereocenters. The Morgan fingerprint density at radius 1 is 1.05 bits per heavy atom. The lowest BCUT2D eigenvalue weighted by Gasteiger charge is -2.24. The van der Waals surface area contributed by atoms with E-state index in [2.05, 4.69) is 54.7 Å². The Bertz CT molecular complexity index is 694. The number of hydrogen-bond donors (Lipinski definition) is 2. The summed E-state index contributed by atoms with van der Waals surface area (Å²) in [6.07, 6.45) is 4.16. The lowest BCUT2D eigenvalue weighted by molar-refractivity contribution is 0.136. The van der Waals surface area contributed by atoms with Crippen molar-refractivity contribution < 1.29 is 5.11 Å². The molecule has 2 aromatic carbocycles. The topological polar surface area (TPSA) is 32.3 Å². The van der Waals surface area contributed by atoms with E-state index in [1.165, 1.54) is 47.1 Å². The first kappa shape index (κ1) is 14.0. The molecule has 0 aliphatic heterocycles. The summed E-state index contributed by atoms with van der Waals surface area (Å²) in [4.78, 5) is 0. The van der Waals surface area contributed by atoms with Crippen LogP contribution in [0.1, 0.15) is 53.2 Å². The highest BCUT2D eigenvalue weighted by Crippen LogP contribution is 2.34. The zero-order valence-electron chi connectivity index (χ0n) is 13.0. The van der Waals surface area contributed by atoms with Gasteiger partial charge in [0, 0.05) is 12.5 Å². The van der Waals surface area contributed by atoms with E-state index in [-0.39, 0.29) is 18.2 Å². The molecule has 3 atom stereocenters. The molecule has 2 aliphatic carbocycles. The van der Waals surface area contributed by atoms with Gasteiger partial charge in [-0.2, -0.15) is 0 Å². The first-order chi connectivity index (χ1) is 10.7. The summed E-state index contributed by atoms with van der Waals surface area (Å²) in [5.74, 6) is 0. The SMILES string of the molecule is CC(NC1c2ccccc2CC1O)c1ccc2c(c1)CCC2. The second-order valence-electron chi connectivity index (χ2n) is 6.72. The molecular formula is C20H23NO. The Morgan fingerprint density at radius 2 is 1.86 bits per heavy atom. The Kier molecular flexibility index (Phi) is 3.51. The molecule has 0 saturated carbocycles. The third kappa shape index (κ3) is 2.37. The molecule has 2 aliphatic rings. The van der Waals surface area contributed by atoms with Gasteiger partial charge in [-0.25, -0.2) is 0 Å². The fraction of sp³-hybridized carbons (Fsp3) is 0.400. The minimum atomic E-state index is -0.325. The molecule has 2 nitrogen and oxygen atoms in total. The number of fused-ring (bicyclic) bond motifs is 2. The molecule has 0 saturated heterocycles. The van der Waals surface area contributed by atoms with Gasteiger partial charge in [0.1, 0.15) is 0 Å². The molecular weight excluding hydrogens is 270 g/mol. The number of hydrogen-bond acceptors (Lipinski definition) is 2. The van der Waals surface area contributed by atoms with Crippen molar-refractivity contribution in [2.24, 2.45) is 0 Å². The van der Waals surface area contributed by atoms with Gasteiger partial charge >= 0.3 is 0 Å². The third-order valence-corrected chi connectivity index (χ3v) is 5.26. The van der Waals surface area contributed by atoms with E-state index in [0.29, 0.717) is 0 Å². The normalized spacial score (nSPS) is 24.1. The van der Waals surface area contributed by atoms with Gasteiger partial charge in [0.15, 0.2) is 0 Å². The fourth-order valence-corrected chi connectivity index (χ4v) is 4.00. The van der Waals surface area contributed by atoms with Crippen molar-refractivity contribution in [1.82, 2.24) is 5.32 Å². The molecule has 0 spiro atoms. The summed E-state index contributed by atoms with van der Waals surface area (Å²) < 4.78 is 0. The predicted molar refractivity (Wildman–Crippen MR) is 88.9 cm³/mol. The van der Waals surface area contributed by atoms with E-state index in [0.717, 1.165) is 6.42 Å². The van der Waals surface area contributed by atoms with Crippen LogP contribution in [0.5, 0.6) is 0 Å². The van der Waals surface area contributed by atoms with Gasteiger partial charge in [-0.05, 0) is 54.0 Å². The molecule has 2 heteroatoms. The van der Waals surface area contributed by atoms with E-state index in [1.54, 1.807) is 0 Å². The molecule has 0 fully saturated rings. The molecule has 0 bridgehead atoms. The fourth-order valence-electron chi connectivity index (χ4n) is 4.00. The summed E-state index contributed by atoms with van der Waals surface area (Å²) in [6, 6.07) is 15.6. The van der Waals surface area contributed by atoms with Crippen LogP contribution < -0.4 is 5.32 Å². The Morgan fingerprint density at radius 3 is 2.77 bits per heavy atom. The maximum atomic E-state index is 10.4. The average molecular weight is 293 g/mol. The molecule has 4 rings (SSSR count). The van der Waals surface area contributed by atoms with Crippen molar-refractivity contribution >= 4 is 0 Å². The van der Waals surface area contributed by atoms with Crippen LogP contribution in [-0.4, -0.2) is 11.2 Å². The van der Waals surface area contributed by atoms with Gasteiger partial charge in [-0.1, -0.05) is 42.5 Å². The van der Waals surface area contributed by atoms with Crippen molar-refractivity contribution in [2.75, 3.05) is 0 Å². The Hall–Kier alpha value is -1.64. The Labute approximate surface area is 132 Å². The van der Waals surface area contributed by atoms with Crippen LogP contribution in [0.2, 0.25) is 0 Å². The minimum absolute atomic E-state index is 0.0412. The monoisotopic (exact) mass is 293 g/mol. The highest BCUT2D eigenvalue weighted by molar-refractivity contribution is 5.38. The van der Waals surface area contributed by atoms with Crippen molar-refractivity contribution in [3.63, 3.8) is 0 Å². The van der Waals surface area contributed by atoms with Crippen LogP contribution in [0, 0.1) is 0 Å². The second kappa shape index (κ2) is 5.53. The van der Waals surface area contributed by atoms with Crippen LogP contribution in [0.15, 0.2) is 42.5 Å². The van der Waals surface area contributed by atoms with Crippen molar-refractivity contribution in [3.05, 3.63) is 70.3 Å². The van der Waals surface area contributed by atoms with E-state index in [1.807, 2.05) is 0 Å². The number of aliphatic hydroxyl groups excluding tert-OH is 1. The highest BCUT2D eigenvalue weighted by atomic mass is 16.3. The Balaban J connectivity index is 1.56. The summed E-state index contributed by atoms with van der Waals surface area (Å²) in [5.41, 5.74) is 6.88. The van der Waals surface area contributed by atoms with Crippen molar-refractivity contribution in [3.8, 4) is 0 Å². The zero-order valence-corrected chi connectivity index (χ0v) is 13.0. The molecule has 0 amide bonds. The summed E-state index contributed by atoms with van der Waals surface area (Å²) in [6.45, 7) is 2.20. The van der Waals surface area contributed by atoms with Crippen LogP contribution in [0.3, 0.4) is 0 Å². The van der Waals surface area contributed by atoms with Crippen LogP contribution in [0.25, 0.3) is 0 Å². The molecule has 2 N–H and O–H groups in total. The van der Waals surface area contributed by atoms with E-state index in [4.69, 9.17) is 0 Å². The maximum Gasteiger partial charge on any atom is 0.0775 e. The molecule has 22 heavy (non-hydrogen) atoms. The molecule has 2 aromatic rings. The molecule has 0 radical (unpaired) electrons. The smallest absolute Gasteiger partial charge is 0.0775 e. The summed E-state index contributed by atoms with van der Waals surface area (Å²) in [7, 11) is 0. The van der Waals surface area contributed by atoms with Crippen LogP contribution in [0.4, 0.5) is 0 Å². The lowest BCUT2D eigenvalue weighted by atomic mass is 10.00. The van der Waals surface area contributed by atoms with E-state index < -0.39 is 0 Å². The van der Waals surface area contributed by atoms with Crippen molar-refractivity contribution in [1.29, 1.82) is 0 Å². The standard InChI is InChI=1S/C20H23NO/c1-13(15-10-9-14-6-4-7-16(14)11-15)21-20-18-8-3-2-5-17(18)12-19(20)22/h2-3,5,8-11,13,19-22H,4,6-7,12H2,1H3. The number of rotatable bonds is 3. The number of aryl methyl sites for hydroxylation is 2. The maximum absolute atomic E-state index is 10.4. The van der Waals surface area contributed by atoms with Gasteiger partial charge in [0.25, 0.3) is 0 Å². The van der Waals surface area contributed by atoms with Gasteiger partial charge in [0.05, 0.1) is 12.1 Å². The van der Waals surface area contributed by atoms with Crippen LogP contribution >= 0.6 is 0 Å². The molecule has 0 aromatic heterocycles. The van der Waals surface area contributed by atoms with Gasteiger partial charge in [-0.3, -0.25) is 0 Å². The first-order valence-electron chi connectivity index (χ1n) is 8.36. The van der Waals surface area contributed by atoms with Gasteiger partial charge in [-0.15, -0.1) is 0 Å². The predicted octanol–water partition coefficient (Wildman–Crippen LogP) is 3.48. The highest BCUT2D eigenvalue weighted by Gasteiger charge is 2.31. The minimum Gasteiger partial charge on any atom is -0.391 e. The molecule has 0 heterocycles. The quantitative estimate of drug-likeness (QED) is 0.908. The molecule has 114 valence electrons. The largest absolute Gasteiger partial charge is 0.391 e. The van der Waals surface area contributed by atoms with E-state index >= 15 is 0 Å². The lowest BCUT2D eigenvalue weighted by Crippen LogP contribution is -2.31. The van der Waals surface area contributed by atoms with Crippen molar-refractivity contribution in [2.45, 2.75) is 50.8 Å². The third-order valence-electron chi connectivity index (χ3n) is 5.26. The summed E-state index contributed by atoms with van der Waals surface area (Å²) in [5, 5.41) is 14.0. The van der Waals surface area contributed by atoms with Gasteiger partial charge in [0.2, 0.25) is 0 Å². The average Bonchev–Trinajstić information content (AvgIpc) is 3.11. The summed E-state index contributed by atoms with van der Waals surface area (Å²) >= 11 is 0. The second-order valence-corrected chi connectivity index (χ2v) is 6.72. The van der Waals surface area contributed by atoms with Crippen LogP contribution in [-0.2, 0) is 19.3 Å².